The predicted octanol–water partition coefficient (Wildman–Crippen LogP) is 0.500. The minimum atomic E-state index is 0.946. The molecular weight excluding hydrogens is 124 g/mol. The highest BCUT2D eigenvalue weighted by Gasteiger charge is 2.21. The molecule has 10 heavy (non-hydrogen) atoms. The molecule has 0 saturated carbocycles. The molecule has 60 valence electrons. The molecule has 0 atom stereocenters. The Kier molecular flexibility index (Phi) is 2.69. The second-order valence-electron chi connectivity index (χ2n) is 3.67. The highest BCUT2D eigenvalue weighted by molar-refractivity contribution is 4.75. The maximum absolute atomic E-state index is 2.50. The Bertz CT molecular complexity index is 95.4. The summed E-state index contributed by atoms with van der Waals surface area (Å²) < 4.78 is 0. The van der Waals surface area contributed by atoms with E-state index in [-0.39, 0.29) is 0 Å². The fraction of sp³-hybridized carbons (Fsp3) is 1.00. The molecular formula is C8H18N2. The van der Waals surface area contributed by atoms with Crippen LogP contribution in [0.15, 0.2) is 0 Å². The molecule has 1 aliphatic rings. The Hall–Kier alpha value is -0.0800. The first-order chi connectivity index (χ1) is 4.68. The largest absolute Gasteiger partial charge is 0.308 e. The smallest absolute Gasteiger partial charge is 0.0109 e. The van der Waals surface area contributed by atoms with Crippen LogP contribution in [0.25, 0.3) is 0 Å². The van der Waals surface area contributed by atoms with Crippen molar-refractivity contribution >= 4 is 0 Å². The first-order valence-corrected chi connectivity index (χ1v) is 4.05. The third-order valence-corrected chi connectivity index (χ3v) is 2.00. The number of rotatable bonds is 3. The number of nitrogens with zero attached hydrogens (tertiary/aromatic N) is 2. The van der Waals surface area contributed by atoms with Gasteiger partial charge in [0.25, 0.3) is 0 Å². The van der Waals surface area contributed by atoms with E-state index in [0.717, 1.165) is 5.92 Å². The summed E-state index contributed by atoms with van der Waals surface area (Å²) in [6.07, 6.45) is 0. The topological polar surface area (TPSA) is 6.48 Å². The van der Waals surface area contributed by atoms with Gasteiger partial charge in [0.05, 0.1) is 0 Å². The van der Waals surface area contributed by atoms with Gasteiger partial charge in [0, 0.05) is 26.2 Å². The van der Waals surface area contributed by atoms with Crippen LogP contribution in [0.5, 0.6) is 0 Å². The number of hydrogen-bond acceptors (Lipinski definition) is 2. The van der Waals surface area contributed by atoms with Crippen LogP contribution in [0.2, 0.25) is 0 Å². The lowest BCUT2D eigenvalue weighted by molar-refractivity contribution is 0.104. The maximum Gasteiger partial charge on any atom is 0.0109 e. The van der Waals surface area contributed by atoms with E-state index in [0.29, 0.717) is 0 Å². The molecule has 1 fully saturated rings. The van der Waals surface area contributed by atoms with Gasteiger partial charge in [-0.25, -0.2) is 0 Å². The third-order valence-electron chi connectivity index (χ3n) is 2.00. The van der Waals surface area contributed by atoms with Crippen molar-refractivity contribution in [2.75, 3.05) is 40.3 Å². The van der Waals surface area contributed by atoms with Crippen LogP contribution in [0.3, 0.4) is 0 Å². The Balaban J connectivity index is 1.95. The van der Waals surface area contributed by atoms with Crippen LogP contribution in [0.1, 0.15) is 6.92 Å². The highest BCUT2D eigenvalue weighted by Crippen LogP contribution is 2.12. The molecule has 0 aliphatic carbocycles. The molecule has 1 rings (SSSR count). The molecule has 2 nitrogen and oxygen atoms in total. The molecule has 0 aromatic heterocycles. The normalized spacial score (nSPS) is 21.6. The molecule has 0 aromatic rings. The van der Waals surface area contributed by atoms with Crippen molar-refractivity contribution in [1.29, 1.82) is 0 Å². The molecule has 2 heteroatoms. The molecule has 0 aromatic carbocycles. The van der Waals surface area contributed by atoms with E-state index >= 15 is 0 Å². The van der Waals surface area contributed by atoms with Gasteiger partial charge in [0.15, 0.2) is 0 Å². The lowest BCUT2D eigenvalue weighted by atomic mass is 10.0. The second kappa shape index (κ2) is 3.35. The average molecular weight is 142 g/mol. The molecule has 0 radical (unpaired) electrons. The quantitative estimate of drug-likeness (QED) is 0.566. The lowest BCUT2D eigenvalue weighted by Crippen LogP contribution is -2.47. The van der Waals surface area contributed by atoms with Crippen molar-refractivity contribution in [2.45, 2.75) is 6.92 Å². The predicted molar refractivity (Wildman–Crippen MR) is 44.2 cm³/mol. The minimum absolute atomic E-state index is 0.946. The van der Waals surface area contributed by atoms with Crippen molar-refractivity contribution in [1.82, 2.24) is 9.80 Å². The molecule has 1 heterocycles. The fourth-order valence-corrected chi connectivity index (χ4v) is 1.35. The zero-order chi connectivity index (χ0) is 7.56. The van der Waals surface area contributed by atoms with Crippen LogP contribution in [0.4, 0.5) is 0 Å². The zero-order valence-electron chi connectivity index (χ0n) is 7.30. The summed E-state index contributed by atoms with van der Waals surface area (Å²) in [6.45, 7) is 7.39. The van der Waals surface area contributed by atoms with Gasteiger partial charge < -0.3 is 9.80 Å². The Morgan fingerprint density at radius 3 is 2.40 bits per heavy atom. The SMILES string of the molecule is CC1CN(CCN(C)C)C1. The van der Waals surface area contributed by atoms with Crippen molar-refractivity contribution in [2.24, 2.45) is 5.92 Å². The lowest BCUT2D eigenvalue weighted by Gasteiger charge is -2.37. The third kappa shape index (κ3) is 2.27. The van der Waals surface area contributed by atoms with E-state index in [9.17, 15) is 0 Å². The van der Waals surface area contributed by atoms with Crippen LogP contribution in [0, 0.1) is 5.92 Å². The van der Waals surface area contributed by atoms with Crippen LogP contribution in [-0.2, 0) is 0 Å². The fourth-order valence-electron chi connectivity index (χ4n) is 1.35. The van der Waals surface area contributed by atoms with Crippen LogP contribution < -0.4 is 0 Å². The number of hydrogen-bond donors (Lipinski definition) is 0. The van der Waals surface area contributed by atoms with E-state index in [1.54, 1.807) is 0 Å². The van der Waals surface area contributed by atoms with Crippen LogP contribution in [-0.4, -0.2) is 50.1 Å². The van der Waals surface area contributed by atoms with E-state index in [2.05, 4.69) is 30.8 Å². The van der Waals surface area contributed by atoms with Gasteiger partial charge in [-0.2, -0.15) is 0 Å². The molecule has 0 spiro atoms. The minimum Gasteiger partial charge on any atom is -0.308 e. The maximum atomic E-state index is 2.50. The first kappa shape index (κ1) is 8.02. The van der Waals surface area contributed by atoms with Gasteiger partial charge in [-0.05, 0) is 20.0 Å². The number of likely N-dealkylation sites (tertiary alicyclic amines) is 1. The van der Waals surface area contributed by atoms with Crippen molar-refractivity contribution in [3.05, 3.63) is 0 Å². The highest BCUT2D eigenvalue weighted by atomic mass is 15.2. The van der Waals surface area contributed by atoms with Crippen LogP contribution >= 0.6 is 0 Å². The molecule has 1 saturated heterocycles. The summed E-state index contributed by atoms with van der Waals surface area (Å²) >= 11 is 0. The summed E-state index contributed by atoms with van der Waals surface area (Å²) in [5.41, 5.74) is 0. The molecule has 1 aliphatic heterocycles. The molecule has 0 bridgehead atoms. The van der Waals surface area contributed by atoms with E-state index in [4.69, 9.17) is 0 Å². The summed E-state index contributed by atoms with van der Waals surface area (Å²) in [5, 5.41) is 0. The number of likely N-dealkylation sites (N-methyl/N-ethyl adjacent to an activating group) is 1. The second-order valence-corrected chi connectivity index (χ2v) is 3.67. The Morgan fingerprint density at radius 1 is 1.40 bits per heavy atom. The van der Waals surface area contributed by atoms with Gasteiger partial charge in [0.1, 0.15) is 0 Å². The molecule has 0 amide bonds. The Labute approximate surface area is 63.8 Å². The molecule has 0 unspecified atom stereocenters. The van der Waals surface area contributed by atoms with Crippen molar-refractivity contribution in [3.8, 4) is 0 Å². The Morgan fingerprint density at radius 2 is 2.00 bits per heavy atom. The average Bonchev–Trinajstić information content (AvgIpc) is 1.77. The zero-order valence-corrected chi connectivity index (χ0v) is 7.30. The van der Waals surface area contributed by atoms with E-state index in [1.165, 1.54) is 26.2 Å². The first-order valence-electron chi connectivity index (χ1n) is 4.05. The summed E-state index contributed by atoms with van der Waals surface area (Å²) in [7, 11) is 4.26. The standard InChI is InChI=1S/C8H18N2/c1-8-6-10(7-8)5-4-9(2)3/h8H,4-7H2,1-3H3. The van der Waals surface area contributed by atoms with E-state index < -0.39 is 0 Å². The van der Waals surface area contributed by atoms with Gasteiger partial charge in [-0.15, -0.1) is 0 Å². The van der Waals surface area contributed by atoms with Gasteiger partial charge >= 0.3 is 0 Å². The molecule has 0 N–H and O–H groups in total. The van der Waals surface area contributed by atoms with E-state index in [1.807, 2.05) is 0 Å². The van der Waals surface area contributed by atoms with Gasteiger partial charge in [-0.1, -0.05) is 6.92 Å². The van der Waals surface area contributed by atoms with Gasteiger partial charge in [-0.3, -0.25) is 0 Å². The summed E-state index contributed by atoms with van der Waals surface area (Å²) in [6, 6.07) is 0. The monoisotopic (exact) mass is 142 g/mol. The summed E-state index contributed by atoms with van der Waals surface area (Å²) in [4.78, 5) is 4.74. The van der Waals surface area contributed by atoms with Gasteiger partial charge in [0.2, 0.25) is 0 Å². The summed E-state index contributed by atoms with van der Waals surface area (Å²) in [5.74, 6) is 0.946. The van der Waals surface area contributed by atoms with Crippen molar-refractivity contribution in [3.63, 3.8) is 0 Å². The van der Waals surface area contributed by atoms with Crippen molar-refractivity contribution < 1.29 is 0 Å².